The lowest BCUT2D eigenvalue weighted by Gasteiger charge is -2.09. The van der Waals surface area contributed by atoms with Crippen LogP contribution in [0.2, 0.25) is 25.2 Å². The molecule has 0 saturated carbocycles. The van der Waals surface area contributed by atoms with E-state index in [2.05, 4.69) is 4.98 Å². The summed E-state index contributed by atoms with van der Waals surface area (Å²) in [6, 6.07) is 0. The molecule has 0 fully saturated rings. The molecule has 1 aromatic heterocycles. The molecule has 0 spiro atoms. The quantitative estimate of drug-likeness (QED) is 0.337. The van der Waals surface area contributed by atoms with Gasteiger partial charge in [0.2, 0.25) is 0 Å². The van der Waals surface area contributed by atoms with Gasteiger partial charge in [0.15, 0.2) is 16.8 Å². The highest BCUT2D eigenvalue weighted by atomic mass is 35.5. The van der Waals surface area contributed by atoms with E-state index in [1.807, 2.05) is 0 Å². The minimum atomic E-state index is -1.08. The summed E-state index contributed by atoms with van der Waals surface area (Å²) in [6.45, 7) is 0. The lowest BCUT2D eigenvalue weighted by molar-refractivity contribution is 0.607. The van der Waals surface area contributed by atoms with Crippen LogP contribution in [0.25, 0.3) is 10.9 Å². The van der Waals surface area contributed by atoms with Crippen molar-refractivity contribution in [2.45, 2.75) is 0 Å². The van der Waals surface area contributed by atoms with Crippen molar-refractivity contribution in [2.24, 2.45) is 0 Å². The van der Waals surface area contributed by atoms with Crippen LogP contribution in [0.3, 0.4) is 0 Å². The van der Waals surface area contributed by atoms with Gasteiger partial charge in [0.25, 0.3) is 0 Å². The number of aromatic nitrogens is 1. The van der Waals surface area contributed by atoms with Gasteiger partial charge in [-0.1, -0.05) is 58.0 Å². The highest BCUT2D eigenvalue weighted by molar-refractivity contribution is 6.51. The van der Waals surface area contributed by atoms with Crippen LogP contribution < -0.4 is 0 Å². The predicted octanol–water partition coefficient (Wildman–Crippen LogP) is 5.78. The fourth-order valence-corrected chi connectivity index (χ4v) is 2.22. The fourth-order valence-electron chi connectivity index (χ4n) is 1.27. The summed E-state index contributed by atoms with van der Waals surface area (Å²) in [5.41, 5.74) is -0.231. The van der Waals surface area contributed by atoms with Crippen LogP contribution in [0.5, 0.6) is 0 Å². The maximum absolute atomic E-state index is 13.8. The van der Waals surface area contributed by atoms with Crippen LogP contribution >= 0.6 is 58.0 Å². The van der Waals surface area contributed by atoms with Crippen LogP contribution in [0.1, 0.15) is 0 Å². The standard InChI is InChI=1S/C9Cl5F2N/c10-2-3(11)6(15)1-7(16)5(13)9(14)17-8(1)4(2)12. The summed E-state index contributed by atoms with van der Waals surface area (Å²) < 4.78 is 27.5. The van der Waals surface area contributed by atoms with Gasteiger partial charge in [0, 0.05) is 0 Å². The second kappa shape index (κ2) is 4.56. The lowest BCUT2D eigenvalue weighted by atomic mass is 10.2. The number of fused-ring (bicyclic) bond motifs is 1. The van der Waals surface area contributed by atoms with E-state index in [9.17, 15) is 8.78 Å². The molecule has 0 bridgehead atoms. The molecule has 8 heteroatoms. The minimum absolute atomic E-state index is 0.189. The minimum Gasteiger partial charge on any atom is -0.233 e. The van der Waals surface area contributed by atoms with Crippen molar-refractivity contribution in [1.82, 2.24) is 4.98 Å². The molecule has 2 aromatic rings. The second-order valence-electron chi connectivity index (χ2n) is 3.01. The number of hydrogen-bond acceptors (Lipinski definition) is 1. The number of hydrogen-bond donors (Lipinski definition) is 0. The summed E-state index contributed by atoms with van der Waals surface area (Å²) in [4.78, 5) is 3.68. The molecule has 0 atom stereocenters. The molecule has 90 valence electrons. The largest absolute Gasteiger partial charge is 0.233 e. The Balaban J connectivity index is 3.12. The Morgan fingerprint density at radius 1 is 0.706 bits per heavy atom. The van der Waals surface area contributed by atoms with Gasteiger partial charge in [-0.05, 0) is 0 Å². The molecule has 0 saturated heterocycles. The third kappa shape index (κ3) is 1.94. The third-order valence-corrected chi connectivity index (χ3v) is 4.06. The average molecular weight is 337 g/mol. The van der Waals surface area contributed by atoms with Gasteiger partial charge in [-0.25, -0.2) is 13.8 Å². The summed E-state index contributed by atoms with van der Waals surface area (Å²) >= 11 is 28.1. The highest BCUT2D eigenvalue weighted by Gasteiger charge is 2.23. The van der Waals surface area contributed by atoms with Crippen LogP contribution in [0.15, 0.2) is 0 Å². The van der Waals surface area contributed by atoms with Crippen molar-refractivity contribution in [3.05, 3.63) is 36.9 Å². The van der Waals surface area contributed by atoms with Crippen molar-refractivity contribution in [1.29, 1.82) is 0 Å². The van der Waals surface area contributed by atoms with Crippen molar-refractivity contribution < 1.29 is 8.78 Å². The second-order valence-corrected chi connectivity index (χ2v) is 4.88. The molecule has 17 heavy (non-hydrogen) atoms. The van der Waals surface area contributed by atoms with Gasteiger partial charge in [-0.3, -0.25) is 0 Å². The van der Waals surface area contributed by atoms with E-state index < -0.39 is 27.1 Å². The SMILES string of the molecule is Fc1c(Cl)c(Cl)nc2c(Cl)c(Cl)c(Cl)c(F)c12. The van der Waals surface area contributed by atoms with Gasteiger partial charge in [-0.15, -0.1) is 0 Å². The molecule has 0 aliphatic heterocycles. The van der Waals surface area contributed by atoms with E-state index in [1.165, 1.54) is 0 Å². The first-order valence-electron chi connectivity index (χ1n) is 4.02. The van der Waals surface area contributed by atoms with E-state index >= 15 is 0 Å². The topological polar surface area (TPSA) is 12.9 Å². The zero-order chi connectivity index (χ0) is 12.9. The van der Waals surface area contributed by atoms with Gasteiger partial charge in [-0.2, -0.15) is 0 Å². The first-order valence-corrected chi connectivity index (χ1v) is 5.91. The molecule has 0 radical (unpaired) electrons. The first kappa shape index (κ1) is 13.4. The van der Waals surface area contributed by atoms with Crippen molar-refractivity contribution in [2.75, 3.05) is 0 Å². The summed E-state index contributed by atoms with van der Waals surface area (Å²) in [5, 5.41) is -2.33. The Morgan fingerprint density at radius 2 is 1.24 bits per heavy atom. The molecular formula is C9Cl5F2N. The molecule has 0 N–H and O–H groups in total. The van der Waals surface area contributed by atoms with Gasteiger partial charge < -0.3 is 0 Å². The maximum Gasteiger partial charge on any atom is 0.157 e. The molecule has 2 rings (SSSR count). The molecular weight excluding hydrogens is 337 g/mol. The van der Waals surface area contributed by atoms with Crippen LogP contribution in [-0.2, 0) is 0 Å². The molecule has 0 unspecified atom stereocenters. The molecule has 1 heterocycles. The predicted molar refractivity (Wildman–Crippen MR) is 66.7 cm³/mol. The Labute approximate surface area is 119 Å². The maximum atomic E-state index is 13.8. The normalized spacial score (nSPS) is 11.2. The van der Waals surface area contributed by atoms with Gasteiger partial charge >= 0.3 is 0 Å². The van der Waals surface area contributed by atoms with E-state index in [4.69, 9.17) is 58.0 Å². The molecule has 1 aromatic carbocycles. The molecule has 1 nitrogen and oxygen atoms in total. The van der Waals surface area contributed by atoms with E-state index in [0.717, 1.165) is 0 Å². The van der Waals surface area contributed by atoms with Crippen molar-refractivity contribution in [3.63, 3.8) is 0 Å². The lowest BCUT2D eigenvalue weighted by Crippen LogP contribution is -1.94. The van der Waals surface area contributed by atoms with E-state index in [1.54, 1.807) is 0 Å². The summed E-state index contributed by atoms with van der Waals surface area (Å²) in [6.07, 6.45) is 0. The van der Waals surface area contributed by atoms with Crippen molar-refractivity contribution in [3.8, 4) is 0 Å². The molecule has 0 aliphatic rings. The van der Waals surface area contributed by atoms with E-state index in [-0.39, 0.29) is 20.7 Å². The number of nitrogens with zero attached hydrogens (tertiary/aromatic N) is 1. The Morgan fingerprint density at radius 3 is 1.82 bits per heavy atom. The number of rotatable bonds is 0. The highest BCUT2D eigenvalue weighted by Crippen LogP contribution is 2.41. The summed E-state index contributed by atoms with van der Waals surface area (Å²) in [7, 11) is 0. The fraction of sp³-hybridized carbons (Fsp3) is 0. The third-order valence-electron chi connectivity index (χ3n) is 2.05. The molecule has 0 amide bonds. The van der Waals surface area contributed by atoms with Gasteiger partial charge in [0.05, 0.1) is 26.0 Å². The van der Waals surface area contributed by atoms with Gasteiger partial charge in [0.1, 0.15) is 5.02 Å². The zero-order valence-electron chi connectivity index (χ0n) is 7.59. The first-order chi connectivity index (χ1) is 7.86. The average Bonchev–Trinajstić information content (AvgIpc) is 2.30. The van der Waals surface area contributed by atoms with Crippen LogP contribution in [0.4, 0.5) is 8.78 Å². The number of halogens is 7. The number of pyridine rings is 1. The molecule has 0 aliphatic carbocycles. The van der Waals surface area contributed by atoms with Crippen LogP contribution in [0, 0.1) is 11.6 Å². The Kier molecular flexibility index (Phi) is 3.59. The number of benzene rings is 1. The Bertz CT molecular complexity index is 635. The zero-order valence-corrected chi connectivity index (χ0v) is 11.4. The smallest absolute Gasteiger partial charge is 0.157 e. The van der Waals surface area contributed by atoms with Crippen molar-refractivity contribution >= 4 is 68.9 Å². The van der Waals surface area contributed by atoms with Crippen LogP contribution in [-0.4, -0.2) is 4.98 Å². The summed E-state index contributed by atoms with van der Waals surface area (Å²) in [5.74, 6) is -2.17. The Hall–Kier alpha value is -0.0600. The monoisotopic (exact) mass is 335 g/mol. The van der Waals surface area contributed by atoms with E-state index in [0.29, 0.717) is 0 Å².